The molecule has 6 heteroatoms. The molecule has 2 aromatic carbocycles. The standard InChI is InChI=1S/C23H24N4O2/c1-18-6-5-9-20(16-18)29-17-23(28)27-14-12-26(13-15-27)22-11-10-21(24-25-22)19-7-3-2-4-8-19/h2-11,16H,12-15,17H2,1H3. The van der Waals surface area contributed by atoms with E-state index in [0.717, 1.165) is 41.5 Å². The Hall–Kier alpha value is -3.41. The number of anilines is 1. The first kappa shape index (κ1) is 18.9. The number of aromatic nitrogens is 2. The maximum Gasteiger partial charge on any atom is 0.260 e. The van der Waals surface area contributed by atoms with Gasteiger partial charge in [0.1, 0.15) is 5.75 Å². The lowest BCUT2D eigenvalue weighted by Crippen LogP contribution is -2.50. The van der Waals surface area contributed by atoms with Crippen molar-refractivity contribution in [2.45, 2.75) is 6.92 Å². The summed E-state index contributed by atoms with van der Waals surface area (Å²) in [7, 11) is 0. The fourth-order valence-corrected chi connectivity index (χ4v) is 3.38. The van der Waals surface area contributed by atoms with Crippen molar-refractivity contribution in [3.05, 3.63) is 72.3 Å². The molecule has 0 saturated carbocycles. The van der Waals surface area contributed by atoms with Crippen molar-refractivity contribution < 1.29 is 9.53 Å². The van der Waals surface area contributed by atoms with E-state index >= 15 is 0 Å². The number of piperazine rings is 1. The number of carbonyl (C=O) groups is 1. The Morgan fingerprint density at radius 3 is 2.41 bits per heavy atom. The van der Waals surface area contributed by atoms with Gasteiger partial charge < -0.3 is 14.5 Å². The van der Waals surface area contributed by atoms with Gasteiger partial charge in [-0.15, -0.1) is 10.2 Å². The van der Waals surface area contributed by atoms with Crippen molar-refractivity contribution in [1.82, 2.24) is 15.1 Å². The molecule has 1 aliphatic rings. The Labute approximate surface area is 170 Å². The molecular formula is C23H24N4O2. The number of carbonyl (C=O) groups excluding carboxylic acids is 1. The lowest BCUT2D eigenvalue weighted by molar-refractivity contribution is -0.133. The number of hydrogen-bond acceptors (Lipinski definition) is 5. The van der Waals surface area contributed by atoms with Crippen LogP contribution in [0.4, 0.5) is 5.82 Å². The fourth-order valence-electron chi connectivity index (χ4n) is 3.38. The molecule has 1 aromatic heterocycles. The highest BCUT2D eigenvalue weighted by molar-refractivity contribution is 5.78. The van der Waals surface area contributed by atoms with Crippen LogP contribution in [0.3, 0.4) is 0 Å². The second kappa shape index (κ2) is 8.73. The molecule has 0 aliphatic carbocycles. The van der Waals surface area contributed by atoms with Crippen LogP contribution in [0.25, 0.3) is 11.3 Å². The Kier molecular flexibility index (Phi) is 5.70. The average molecular weight is 388 g/mol. The summed E-state index contributed by atoms with van der Waals surface area (Å²) < 4.78 is 5.64. The summed E-state index contributed by atoms with van der Waals surface area (Å²) in [4.78, 5) is 16.5. The zero-order chi connectivity index (χ0) is 20.1. The van der Waals surface area contributed by atoms with Crippen LogP contribution in [0.15, 0.2) is 66.7 Å². The van der Waals surface area contributed by atoms with Gasteiger partial charge in [0, 0.05) is 31.7 Å². The minimum atomic E-state index is 0.0108. The summed E-state index contributed by atoms with van der Waals surface area (Å²) in [6, 6.07) is 21.7. The third-order valence-corrected chi connectivity index (χ3v) is 5.03. The Morgan fingerprint density at radius 2 is 1.72 bits per heavy atom. The molecular weight excluding hydrogens is 364 g/mol. The number of aryl methyl sites for hydroxylation is 1. The highest BCUT2D eigenvalue weighted by atomic mass is 16.5. The molecule has 148 valence electrons. The predicted octanol–water partition coefficient (Wildman–Crippen LogP) is 3.18. The lowest BCUT2D eigenvalue weighted by Gasteiger charge is -2.35. The van der Waals surface area contributed by atoms with Gasteiger partial charge in [0.15, 0.2) is 12.4 Å². The summed E-state index contributed by atoms with van der Waals surface area (Å²) in [5.41, 5.74) is 3.02. The van der Waals surface area contributed by atoms with Gasteiger partial charge in [-0.25, -0.2) is 0 Å². The maximum atomic E-state index is 12.5. The van der Waals surface area contributed by atoms with Crippen LogP contribution < -0.4 is 9.64 Å². The van der Waals surface area contributed by atoms with E-state index in [4.69, 9.17) is 4.74 Å². The van der Waals surface area contributed by atoms with Crippen LogP contribution in [0.1, 0.15) is 5.56 Å². The molecule has 0 spiro atoms. The number of amides is 1. The highest BCUT2D eigenvalue weighted by Crippen LogP contribution is 2.19. The number of rotatable bonds is 5. The van der Waals surface area contributed by atoms with Gasteiger partial charge in [-0.3, -0.25) is 4.79 Å². The summed E-state index contributed by atoms with van der Waals surface area (Å²) in [6.07, 6.45) is 0. The number of hydrogen-bond donors (Lipinski definition) is 0. The number of benzene rings is 2. The van der Waals surface area contributed by atoms with Crippen LogP contribution in [0.5, 0.6) is 5.75 Å². The third kappa shape index (κ3) is 4.71. The van der Waals surface area contributed by atoms with E-state index < -0.39 is 0 Å². The molecule has 4 rings (SSSR count). The van der Waals surface area contributed by atoms with Gasteiger partial charge >= 0.3 is 0 Å². The zero-order valence-electron chi connectivity index (χ0n) is 16.5. The minimum absolute atomic E-state index is 0.0108. The Bertz CT molecular complexity index is 952. The van der Waals surface area contributed by atoms with Crippen molar-refractivity contribution in [3.8, 4) is 17.0 Å². The molecule has 0 unspecified atom stereocenters. The molecule has 0 radical (unpaired) electrons. The molecule has 1 amide bonds. The van der Waals surface area contributed by atoms with E-state index in [1.807, 2.05) is 78.6 Å². The largest absolute Gasteiger partial charge is 0.484 e. The number of nitrogens with zero attached hydrogens (tertiary/aromatic N) is 4. The van der Waals surface area contributed by atoms with E-state index in [-0.39, 0.29) is 12.5 Å². The predicted molar refractivity (Wildman–Crippen MR) is 113 cm³/mol. The average Bonchev–Trinajstić information content (AvgIpc) is 2.78. The zero-order valence-corrected chi connectivity index (χ0v) is 16.5. The quantitative estimate of drug-likeness (QED) is 0.672. The third-order valence-electron chi connectivity index (χ3n) is 5.03. The van der Waals surface area contributed by atoms with E-state index in [9.17, 15) is 4.79 Å². The molecule has 0 bridgehead atoms. The van der Waals surface area contributed by atoms with E-state index in [1.54, 1.807) is 0 Å². The molecule has 0 N–H and O–H groups in total. The molecule has 0 atom stereocenters. The molecule has 1 saturated heterocycles. The maximum absolute atomic E-state index is 12.5. The van der Waals surface area contributed by atoms with Crippen molar-refractivity contribution in [2.75, 3.05) is 37.7 Å². The lowest BCUT2D eigenvalue weighted by atomic mass is 10.1. The van der Waals surface area contributed by atoms with Crippen molar-refractivity contribution in [3.63, 3.8) is 0 Å². The summed E-state index contributed by atoms with van der Waals surface area (Å²) in [5.74, 6) is 1.58. The molecule has 3 aromatic rings. The van der Waals surface area contributed by atoms with Gasteiger partial charge in [0.2, 0.25) is 0 Å². The van der Waals surface area contributed by atoms with Gasteiger partial charge in [-0.2, -0.15) is 0 Å². The van der Waals surface area contributed by atoms with Gasteiger partial charge in [0.25, 0.3) is 5.91 Å². The monoisotopic (exact) mass is 388 g/mol. The van der Waals surface area contributed by atoms with Crippen molar-refractivity contribution >= 4 is 11.7 Å². The SMILES string of the molecule is Cc1cccc(OCC(=O)N2CCN(c3ccc(-c4ccccc4)nn3)CC2)c1. The van der Waals surface area contributed by atoms with Crippen molar-refractivity contribution in [2.24, 2.45) is 0 Å². The van der Waals surface area contributed by atoms with Crippen LogP contribution >= 0.6 is 0 Å². The second-order valence-electron chi connectivity index (χ2n) is 7.12. The molecule has 1 fully saturated rings. The first-order chi connectivity index (χ1) is 14.2. The first-order valence-corrected chi connectivity index (χ1v) is 9.80. The summed E-state index contributed by atoms with van der Waals surface area (Å²) in [5, 5.41) is 8.74. The Balaban J connectivity index is 1.29. The van der Waals surface area contributed by atoms with Crippen LogP contribution in [0.2, 0.25) is 0 Å². The second-order valence-corrected chi connectivity index (χ2v) is 7.12. The van der Waals surface area contributed by atoms with E-state index in [0.29, 0.717) is 13.1 Å². The molecule has 2 heterocycles. The minimum Gasteiger partial charge on any atom is -0.484 e. The topological polar surface area (TPSA) is 58.6 Å². The fraction of sp³-hybridized carbons (Fsp3) is 0.261. The van der Waals surface area contributed by atoms with Crippen LogP contribution in [0, 0.1) is 6.92 Å². The van der Waals surface area contributed by atoms with Crippen LogP contribution in [-0.2, 0) is 4.79 Å². The number of ether oxygens (including phenoxy) is 1. The summed E-state index contributed by atoms with van der Waals surface area (Å²) in [6.45, 7) is 4.83. The van der Waals surface area contributed by atoms with Gasteiger partial charge in [0.05, 0.1) is 5.69 Å². The van der Waals surface area contributed by atoms with Crippen molar-refractivity contribution in [1.29, 1.82) is 0 Å². The van der Waals surface area contributed by atoms with Crippen LogP contribution in [-0.4, -0.2) is 53.8 Å². The van der Waals surface area contributed by atoms with E-state index in [1.165, 1.54) is 0 Å². The van der Waals surface area contributed by atoms with E-state index in [2.05, 4.69) is 15.1 Å². The highest BCUT2D eigenvalue weighted by Gasteiger charge is 2.22. The normalized spacial score (nSPS) is 14.0. The van der Waals surface area contributed by atoms with Gasteiger partial charge in [-0.1, -0.05) is 42.5 Å². The first-order valence-electron chi connectivity index (χ1n) is 9.80. The molecule has 6 nitrogen and oxygen atoms in total. The van der Waals surface area contributed by atoms with Gasteiger partial charge in [-0.05, 0) is 36.8 Å². The molecule has 29 heavy (non-hydrogen) atoms. The summed E-state index contributed by atoms with van der Waals surface area (Å²) >= 11 is 0. The smallest absolute Gasteiger partial charge is 0.260 e. The Morgan fingerprint density at radius 1 is 0.931 bits per heavy atom. The molecule has 1 aliphatic heterocycles.